The molecule has 4 nitrogen and oxygen atoms in total. The molecule has 2 N–H and O–H groups in total. The first-order chi connectivity index (χ1) is 8.91. The number of amides is 1. The molecule has 0 aromatic carbocycles. The smallest absolute Gasteiger partial charge is 0.316 e. The summed E-state index contributed by atoms with van der Waals surface area (Å²) in [5.74, 6) is -0.813. The Morgan fingerprint density at radius 1 is 1.42 bits per heavy atom. The first kappa shape index (κ1) is 16.0. The number of thioether (sulfide) groups is 1. The van der Waals surface area contributed by atoms with E-state index in [4.69, 9.17) is 5.11 Å². The highest BCUT2D eigenvalue weighted by Gasteiger charge is 2.23. The van der Waals surface area contributed by atoms with Crippen molar-refractivity contribution < 1.29 is 14.7 Å². The molecule has 0 fully saturated rings. The van der Waals surface area contributed by atoms with Crippen LogP contribution in [0.5, 0.6) is 0 Å². The summed E-state index contributed by atoms with van der Waals surface area (Å²) >= 11 is 2.77. The van der Waals surface area contributed by atoms with Gasteiger partial charge in [-0.1, -0.05) is 19.9 Å². The minimum absolute atomic E-state index is 0.00465. The summed E-state index contributed by atoms with van der Waals surface area (Å²) in [4.78, 5) is 23.9. The van der Waals surface area contributed by atoms with Gasteiger partial charge in [0, 0.05) is 4.88 Å². The highest BCUT2D eigenvalue weighted by atomic mass is 32.2. The number of carboxylic acids is 1. The van der Waals surface area contributed by atoms with Gasteiger partial charge in [0.05, 0.1) is 11.8 Å². The molecule has 0 saturated carbocycles. The monoisotopic (exact) mass is 301 g/mol. The van der Waals surface area contributed by atoms with Crippen molar-refractivity contribution in [2.24, 2.45) is 5.92 Å². The van der Waals surface area contributed by atoms with Crippen molar-refractivity contribution in [3.63, 3.8) is 0 Å². The second-order valence-electron chi connectivity index (χ2n) is 4.62. The number of carbonyl (C=O) groups excluding carboxylic acids is 1. The van der Waals surface area contributed by atoms with Crippen molar-refractivity contribution >= 4 is 35.0 Å². The van der Waals surface area contributed by atoms with Crippen LogP contribution in [0.4, 0.5) is 0 Å². The van der Waals surface area contributed by atoms with E-state index in [0.717, 1.165) is 4.88 Å². The van der Waals surface area contributed by atoms with E-state index in [1.165, 1.54) is 11.8 Å². The quantitative estimate of drug-likeness (QED) is 0.812. The number of carboxylic acid groups (broad SMARTS) is 1. The number of hydrogen-bond acceptors (Lipinski definition) is 4. The molecule has 2 atom stereocenters. The second kappa shape index (κ2) is 7.55. The molecule has 2 unspecified atom stereocenters. The maximum Gasteiger partial charge on any atom is 0.316 e. The van der Waals surface area contributed by atoms with Crippen LogP contribution in [0.2, 0.25) is 0 Å². The Morgan fingerprint density at radius 3 is 2.58 bits per heavy atom. The third kappa shape index (κ3) is 5.24. The van der Waals surface area contributed by atoms with E-state index in [1.807, 2.05) is 38.3 Å². The molecular weight excluding hydrogens is 282 g/mol. The Balaban J connectivity index is 2.41. The molecule has 0 aliphatic heterocycles. The van der Waals surface area contributed by atoms with Crippen LogP contribution in [-0.4, -0.2) is 28.0 Å². The molecule has 0 saturated heterocycles. The topological polar surface area (TPSA) is 66.4 Å². The fourth-order valence-corrected chi connectivity index (χ4v) is 3.28. The molecule has 1 aromatic heterocycles. The molecule has 0 aliphatic carbocycles. The summed E-state index contributed by atoms with van der Waals surface area (Å²) in [7, 11) is 0. The zero-order chi connectivity index (χ0) is 14.4. The summed E-state index contributed by atoms with van der Waals surface area (Å²) < 4.78 is 0. The summed E-state index contributed by atoms with van der Waals surface area (Å²) in [5.41, 5.74) is 0. The van der Waals surface area contributed by atoms with Crippen LogP contribution in [0.3, 0.4) is 0 Å². The van der Waals surface area contributed by atoms with Crippen molar-refractivity contribution in [2.45, 2.75) is 32.1 Å². The van der Waals surface area contributed by atoms with Gasteiger partial charge < -0.3 is 10.4 Å². The molecule has 1 amide bonds. The number of aliphatic carboxylic acids is 1. The van der Waals surface area contributed by atoms with Gasteiger partial charge in [0.1, 0.15) is 5.25 Å². The lowest BCUT2D eigenvalue weighted by molar-refractivity contribution is -0.137. The highest BCUT2D eigenvalue weighted by Crippen LogP contribution is 2.21. The molecule has 1 aromatic rings. The SMILES string of the molecule is CC(NC(=O)CSC(C(=O)O)C(C)C)c1cccs1. The van der Waals surface area contributed by atoms with Crippen molar-refractivity contribution in [1.82, 2.24) is 5.32 Å². The Hall–Kier alpha value is -1.01. The maximum absolute atomic E-state index is 11.8. The molecule has 0 radical (unpaired) electrons. The molecule has 19 heavy (non-hydrogen) atoms. The van der Waals surface area contributed by atoms with Crippen LogP contribution >= 0.6 is 23.1 Å². The summed E-state index contributed by atoms with van der Waals surface area (Å²) in [6, 6.07) is 3.88. The first-order valence-corrected chi connectivity index (χ1v) is 8.01. The molecule has 6 heteroatoms. The summed E-state index contributed by atoms with van der Waals surface area (Å²) in [6.07, 6.45) is 0. The van der Waals surface area contributed by atoms with Crippen molar-refractivity contribution in [3.8, 4) is 0 Å². The van der Waals surface area contributed by atoms with Crippen LogP contribution in [-0.2, 0) is 9.59 Å². The normalized spacial score (nSPS) is 14.1. The van der Waals surface area contributed by atoms with Gasteiger partial charge in [0.15, 0.2) is 0 Å². The second-order valence-corrected chi connectivity index (χ2v) is 6.73. The molecule has 0 aliphatic rings. The molecular formula is C13H19NO3S2. The zero-order valence-electron chi connectivity index (χ0n) is 11.3. The van der Waals surface area contributed by atoms with Gasteiger partial charge in [-0.25, -0.2) is 0 Å². The third-order valence-electron chi connectivity index (χ3n) is 2.59. The number of thiophene rings is 1. The molecule has 1 heterocycles. The lowest BCUT2D eigenvalue weighted by Gasteiger charge is -2.16. The van der Waals surface area contributed by atoms with Gasteiger partial charge in [-0.2, -0.15) is 0 Å². The van der Waals surface area contributed by atoms with E-state index in [1.54, 1.807) is 11.3 Å². The van der Waals surface area contributed by atoms with Gasteiger partial charge in [-0.3, -0.25) is 9.59 Å². The Morgan fingerprint density at radius 2 is 2.11 bits per heavy atom. The van der Waals surface area contributed by atoms with E-state index in [9.17, 15) is 9.59 Å². The van der Waals surface area contributed by atoms with Crippen molar-refractivity contribution in [3.05, 3.63) is 22.4 Å². The number of carbonyl (C=O) groups is 2. The van der Waals surface area contributed by atoms with E-state index in [-0.39, 0.29) is 23.6 Å². The summed E-state index contributed by atoms with van der Waals surface area (Å²) in [5, 5.41) is 13.3. The number of hydrogen-bond donors (Lipinski definition) is 2. The molecule has 0 bridgehead atoms. The van der Waals surface area contributed by atoms with Gasteiger partial charge in [0.2, 0.25) is 5.91 Å². The van der Waals surface area contributed by atoms with Crippen LogP contribution in [0.1, 0.15) is 31.7 Å². The number of nitrogens with one attached hydrogen (secondary N) is 1. The average Bonchev–Trinajstić information content (AvgIpc) is 2.81. The average molecular weight is 301 g/mol. The van der Waals surface area contributed by atoms with Gasteiger partial charge in [0.25, 0.3) is 0 Å². The Labute approximate surface area is 121 Å². The van der Waals surface area contributed by atoms with Crippen molar-refractivity contribution in [1.29, 1.82) is 0 Å². The summed E-state index contributed by atoms with van der Waals surface area (Å²) in [6.45, 7) is 5.61. The molecule has 0 spiro atoms. The van der Waals surface area contributed by atoms with E-state index < -0.39 is 11.2 Å². The minimum Gasteiger partial charge on any atom is -0.480 e. The predicted octanol–water partition coefficient (Wildman–Crippen LogP) is 2.77. The lowest BCUT2D eigenvalue weighted by atomic mass is 10.1. The number of rotatable bonds is 7. The van der Waals surface area contributed by atoms with Gasteiger partial charge >= 0.3 is 5.97 Å². The predicted molar refractivity (Wildman–Crippen MR) is 79.6 cm³/mol. The third-order valence-corrected chi connectivity index (χ3v) is 5.18. The van der Waals surface area contributed by atoms with Crippen LogP contribution < -0.4 is 5.32 Å². The van der Waals surface area contributed by atoms with E-state index in [2.05, 4.69) is 5.32 Å². The molecule has 106 valence electrons. The van der Waals surface area contributed by atoms with E-state index in [0.29, 0.717) is 0 Å². The Kier molecular flexibility index (Phi) is 6.37. The fourth-order valence-electron chi connectivity index (χ4n) is 1.61. The van der Waals surface area contributed by atoms with Crippen molar-refractivity contribution in [2.75, 3.05) is 5.75 Å². The van der Waals surface area contributed by atoms with Crippen LogP contribution in [0.15, 0.2) is 17.5 Å². The lowest BCUT2D eigenvalue weighted by Crippen LogP contribution is -2.30. The largest absolute Gasteiger partial charge is 0.480 e. The minimum atomic E-state index is -0.862. The van der Waals surface area contributed by atoms with Crippen LogP contribution in [0, 0.1) is 5.92 Å². The maximum atomic E-state index is 11.8. The van der Waals surface area contributed by atoms with Gasteiger partial charge in [-0.15, -0.1) is 23.1 Å². The highest BCUT2D eigenvalue weighted by molar-refractivity contribution is 8.01. The first-order valence-electron chi connectivity index (χ1n) is 6.09. The van der Waals surface area contributed by atoms with Gasteiger partial charge in [-0.05, 0) is 24.3 Å². The Bertz CT molecular complexity index is 418. The van der Waals surface area contributed by atoms with E-state index >= 15 is 0 Å². The van der Waals surface area contributed by atoms with Crippen LogP contribution in [0.25, 0.3) is 0 Å². The fraction of sp³-hybridized carbons (Fsp3) is 0.538. The zero-order valence-corrected chi connectivity index (χ0v) is 12.9. The molecule has 1 rings (SSSR count). The standard InChI is InChI=1S/C13H19NO3S2/c1-8(2)12(13(16)17)19-7-11(15)14-9(3)10-5-4-6-18-10/h4-6,8-9,12H,7H2,1-3H3,(H,14,15)(H,16,17).